The number of hydrogen-bond acceptors (Lipinski definition) is 6. The van der Waals surface area contributed by atoms with Gasteiger partial charge in [-0.3, -0.25) is 4.79 Å². The normalized spacial score (nSPS) is 10.8. The third kappa shape index (κ3) is 6.28. The number of benzene rings is 2. The number of aromatic nitrogens is 2. The summed E-state index contributed by atoms with van der Waals surface area (Å²) in [6.45, 7) is 3.67. The van der Waals surface area contributed by atoms with Crippen LogP contribution in [0.4, 0.5) is 5.13 Å². The molecule has 4 rings (SSSR count). The van der Waals surface area contributed by atoms with Crippen LogP contribution >= 0.6 is 11.5 Å². The monoisotopic (exact) mass is 446 g/mol. The van der Waals surface area contributed by atoms with E-state index in [9.17, 15) is 4.79 Å². The Morgan fingerprint density at radius 2 is 1.84 bits per heavy atom. The Labute approximate surface area is 192 Å². The fraction of sp³-hybridized carbons (Fsp3) is 0.240. The second-order valence-electron chi connectivity index (χ2n) is 7.67. The molecule has 0 unspecified atom stereocenters. The van der Waals surface area contributed by atoms with E-state index >= 15 is 0 Å². The molecular weight excluding hydrogens is 420 g/mol. The first-order valence-electron chi connectivity index (χ1n) is 10.6. The molecule has 4 aromatic rings. The quantitative estimate of drug-likeness (QED) is 0.381. The number of carbonyl (C=O) groups excluding carboxylic acids is 1. The Morgan fingerprint density at radius 3 is 2.59 bits per heavy atom. The number of nitrogens with one attached hydrogen (secondary N) is 1. The molecule has 2 heterocycles. The van der Waals surface area contributed by atoms with Gasteiger partial charge in [-0.2, -0.15) is 4.37 Å². The fourth-order valence-corrected chi connectivity index (χ4v) is 4.00. The van der Waals surface area contributed by atoms with Gasteiger partial charge in [-0.15, -0.1) is 0 Å². The second kappa shape index (κ2) is 10.7. The number of carbonyl (C=O) groups is 1. The molecule has 0 spiro atoms. The van der Waals surface area contributed by atoms with Crippen molar-refractivity contribution in [3.63, 3.8) is 0 Å². The van der Waals surface area contributed by atoms with Crippen LogP contribution in [0.2, 0.25) is 0 Å². The summed E-state index contributed by atoms with van der Waals surface area (Å²) in [6.07, 6.45) is 2.70. The van der Waals surface area contributed by atoms with E-state index in [0.717, 1.165) is 22.3 Å². The molecule has 6 nitrogen and oxygen atoms in total. The smallest absolute Gasteiger partial charge is 0.222 e. The first kappa shape index (κ1) is 21.8. The molecule has 164 valence electrons. The van der Waals surface area contributed by atoms with Crippen molar-refractivity contribution in [2.75, 3.05) is 11.4 Å². The number of rotatable bonds is 10. The summed E-state index contributed by atoms with van der Waals surface area (Å²) in [4.78, 5) is 19.2. The van der Waals surface area contributed by atoms with Gasteiger partial charge < -0.3 is 14.6 Å². The molecule has 0 aliphatic rings. The van der Waals surface area contributed by atoms with Gasteiger partial charge in [0.2, 0.25) is 11.0 Å². The lowest BCUT2D eigenvalue weighted by atomic mass is 10.1. The molecule has 2 aromatic heterocycles. The van der Waals surface area contributed by atoms with E-state index in [4.69, 9.17) is 9.40 Å². The topological polar surface area (TPSA) is 71.3 Å². The van der Waals surface area contributed by atoms with Gasteiger partial charge in [0.05, 0.1) is 12.8 Å². The van der Waals surface area contributed by atoms with E-state index in [1.54, 1.807) is 6.26 Å². The molecule has 7 heteroatoms. The lowest BCUT2D eigenvalue weighted by Crippen LogP contribution is -2.30. The fourth-order valence-electron chi connectivity index (χ4n) is 3.29. The largest absolute Gasteiger partial charge is 0.467 e. The van der Waals surface area contributed by atoms with Crippen LogP contribution in [0, 0.1) is 6.92 Å². The summed E-state index contributed by atoms with van der Waals surface area (Å²) in [6, 6.07) is 22.1. The Morgan fingerprint density at radius 1 is 1.03 bits per heavy atom. The van der Waals surface area contributed by atoms with Gasteiger partial charge in [0.25, 0.3) is 0 Å². The molecule has 0 fully saturated rings. The van der Waals surface area contributed by atoms with Crippen molar-refractivity contribution >= 4 is 22.6 Å². The highest BCUT2D eigenvalue weighted by atomic mass is 32.1. The predicted molar refractivity (Wildman–Crippen MR) is 127 cm³/mol. The van der Waals surface area contributed by atoms with Crippen molar-refractivity contribution in [1.82, 2.24) is 14.7 Å². The van der Waals surface area contributed by atoms with Crippen LogP contribution in [0.5, 0.6) is 0 Å². The van der Waals surface area contributed by atoms with Crippen molar-refractivity contribution in [2.24, 2.45) is 0 Å². The van der Waals surface area contributed by atoms with Gasteiger partial charge in [0.1, 0.15) is 11.6 Å². The van der Waals surface area contributed by atoms with Crippen molar-refractivity contribution in [2.45, 2.75) is 32.9 Å². The minimum Gasteiger partial charge on any atom is -0.467 e. The van der Waals surface area contributed by atoms with E-state index in [1.807, 2.05) is 42.5 Å². The van der Waals surface area contributed by atoms with Gasteiger partial charge in [0.15, 0.2) is 0 Å². The SMILES string of the molecule is Cc1ccc(Cc2nsc(N(CCC(=O)NCc3ccccc3)Cc3ccco3)n2)cc1. The Hall–Kier alpha value is -3.45. The molecular formula is C25H26N4O2S. The molecule has 0 aliphatic carbocycles. The second-order valence-corrected chi connectivity index (χ2v) is 8.40. The van der Waals surface area contributed by atoms with E-state index in [0.29, 0.717) is 32.5 Å². The van der Waals surface area contributed by atoms with Gasteiger partial charge >= 0.3 is 0 Å². The number of hydrogen-bond donors (Lipinski definition) is 1. The maximum atomic E-state index is 12.4. The number of aryl methyl sites for hydroxylation is 1. The van der Waals surface area contributed by atoms with Gasteiger partial charge in [-0.1, -0.05) is 60.2 Å². The summed E-state index contributed by atoms with van der Waals surface area (Å²) < 4.78 is 10.1. The summed E-state index contributed by atoms with van der Waals surface area (Å²) in [5, 5.41) is 3.78. The van der Waals surface area contributed by atoms with E-state index in [-0.39, 0.29) is 5.91 Å². The van der Waals surface area contributed by atoms with Crippen LogP contribution in [-0.4, -0.2) is 21.8 Å². The average molecular weight is 447 g/mol. The Bertz CT molecular complexity index is 1110. The molecule has 1 amide bonds. The average Bonchev–Trinajstić information content (AvgIpc) is 3.50. The van der Waals surface area contributed by atoms with Gasteiger partial charge in [0, 0.05) is 37.5 Å². The Balaban J connectivity index is 1.38. The van der Waals surface area contributed by atoms with Crippen molar-refractivity contribution < 1.29 is 9.21 Å². The van der Waals surface area contributed by atoms with Crippen LogP contribution in [0.25, 0.3) is 0 Å². The van der Waals surface area contributed by atoms with Crippen molar-refractivity contribution in [1.29, 1.82) is 0 Å². The third-order valence-corrected chi connectivity index (χ3v) is 5.89. The molecule has 0 aliphatic heterocycles. The zero-order chi connectivity index (χ0) is 22.2. The maximum Gasteiger partial charge on any atom is 0.222 e. The zero-order valence-electron chi connectivity index (χ0n) is 18.0. The van der Waals surface area contributed by atoms with Crippen LogP contribution in [0.3, 0.4) is 0 Å². The number of anilines is 1. The predicted octanol–water partition coefficient (Wildman–Crippen LogP) is 4.74. The number of furan rings is 1. The molecule has 0 saturated heterocycles. The zero-order valence-corrected chi connectivity index (χ0v) is 18.8. The Kier molecular flexibility index (Phi) is 7.30. The minimum absolute atomic E-state index is 0.00249. The highest BCUT2D eigenvalue weighted by molar-refractivity contribution is 7.09. The molecule has 1 N–H and O–H groups in total. The van der Waals surface area contributed by atoms with Crippen LogP contribution < -0.4 is 10.2 Å². The highest BCUT2D eigenvalue weighted by Crippen LogP contribution is 2.22. The molecule has 2 aromatic carbocycles. The van der Waals surface area contributed by atoms with Gasteiger partial charge in [-0.25, -0.2) is 4.98 Å². The molecule has 0 saturated carbocycles. The summed E-state index contributed by atoms with van der Waals surface area (Å²) >= 11 is 1.36. The van der Waals surface area contributed by atoms with Crippen molar-refractivity contribution in [3.05, 3.63) is 101 Å². The van der Waals surface area contributed by atoms with Gasteiger partial charge in [-0.05, 0) is 30.2 Å². The number of nitrogens with zero attached hydrogens (tertiary/aromatic N) is 3. The lowest BCUT2D eigenvalue weighted by Gasteiger charge is -2.20. The maximum absolute atomic E-state index is 12.4. The minimum atomic E-state index is 0.00249. The number of amides is 1. The van der Waals surface area contributed by atoms with E-state index in [2.05, 4.69) is 45.8 Å². The van der Waals surface area contributed by atoms with E-state index < -0.39 is 0 Å². The van der Waals surface area contributed by atoms with Crippen molar-refractivity contribution in [3.8, 4) is 0 Å². The molecule has 0 radical (unpaired) electrons. The molecule has 0 atom stereocenters. The van der Waals surface area contributed by atoms with Crippen LogP contribution in [-0.2, 0) is 24.3 Å². The first-order chi connectivity index (χ1) is 15.7. The summed E-state index contributed by atoms with van der Waals surface area (Å²) in [5.74, 6) is 1.61. The lowest BCUT2D eigenvalue weighted by molar-refractivity contribution is -0.121. The summed E-state index contributed by atoms with van der Waals surface area (Å²) in [5.41, 5.74) is 3.49. The first-order valence-corrected chi connectivity index (χ1v) is 11.4. The summed E-state index contributed by atoms with van der Waals surface area (Å²) in [7, 11) is 0. The molecule has 32 heavy (non-hydrogen) atoms. The molecule has 0 bridgehead atoms. The van der Waals surface area contributed by atoms with Crippen LogP contribution in [0.1, 0.15) is 34.7 Å². The third-order valence-electron chi connectivity index (χ3n) is 5.08. The highest BCUT2D eigenvalue weighted by Gasteiger charge is 2.16. The standard InChI is InChI=1S/C25H26N4O2S/c1-19-9-11-20(12-10-19)16-23-27-25(32-28-23)29(18-22-8-5-15-31-22)14-13-24(30)26-17-21-6-3-2-4-7-21/h2-12,15H,13-14,16-18H2,1H3,(H,26,30). The van der Waals surface area contributed by atoms with Crippen LogP contribution in [0.15, 0.2) is 77.4 Å². The van der Waals surface area contributed by atoms with E-state index in [1.165, 1.54) is 22.7 Å².